The molecule has 4 nitrogen and oxygen atoms in total. The highest BCUT2D eigenvalue weighted by Crippen LogP contribution is 2.27. The van der Waals surface area contributed by atoms with Gasteiger partial charge in [0, 0.05) is 20.2 Å². The van der Waals surface area contributed by atoms with E-state index in [1.54, 1.807) is 11.9 Å². The number of amides is 1. The van der Waals surface area contributed by atoms with Gasteiger partial charge in [-0.1, -0.05) is 13.8 Å². The summed E-state index contributed by atoms with van der Waals surface area (Å²) in [6.45, 7) is 4.61. The van der Waals surface area contributed by atoms with Gasteiger partial charge in [0.05, 0.1) is 6.07 Å². The summed E-state index contributed by atoms with van der Waals surface area (Å²) < 4.78 is 0. The number of hydrogen-bond acceptors (Lipinski definition) is 3. The Hall–Kier alpha value is -1.08. The highest BCUT2D eigenvalue weighted by molar-refractivity contribution is 5.85. The van der Waals surface area contributed by atoms with E-state index in [0.717, 1.165) is 19.3 Å². The molecule has 0 heterocycles. The fraction of sp³-hybridized carbons (Fsp3) is 0.846. The number of aliphatic hydroxyl groups excluding tert-OH is 1. The highest BCUT2D eigenvalue weighted by Gasteiger charge is 2.36. The van der Waals surface area contributed by atoms with Gasteiger partial charge in [0.25, 0.3) is 0 Å². The van der Waals surface area contributed by atoms with Crippen molar-refractivity contribution in [2.75, 3.05) is 20.2 Å². The van der Waals surface area contributed by atoms with Crippen molar-refractivity contribution in [3.63, 3.8) is 0 Å². The Morgan fingerprint density at radius 1 is 1.29 bits per heavy atom. The summed E-state index contributed by atoms with van der Waals surface area (Å²) in [5, 5.41) is 17.8. The van der Waals surface area contributed by atoms with Gasteiger partial charge in [-0.05, 0) is 32.1 Å². The molecule has 0 spiro atoms. The molecular weight excluding hydrogens is 216 g/mol. The van der Waals surface area contributed by atoms with Gasteiger partial charge in [0.2, 0.25) is 5.91 Å². The van der Waals surface area contributed by atoms with Crippen LogP contribution in [0.25, 0.3) is 0 Å². The topological polar surface area (TPSA) is 64.3 Å². The van der Waals surface area contributed by atoms with Gasteiger partial charge in [0.1, 0.15) is 5.41 Å². The number of carbonyl (C=O) groups excluding carboxylic acids is 1. The van der Waals surface area contributed by atoms with Gasteiger partial charge in [-0.2, -0.15) is 5.26 Å². The molecule has 0 radical (unpaired) electrons. The molecule has 17 heavy (non-hydrogen) atoms. The number of unbranched alkanes of at least 4 members (excludes halogenated alkanes) is 2. The van der Waals surface area contributed by atoms with E-state index < -0.39 is 5.41 Å². The predicted molar refractivity (Wildman–Crippen MR) is 67.2 cm³/mol. The van der Waals surface area contributed by atoms with Crippen LogP contribution in [0.4, 0.5) is 0 Å². The summed E-state index contributed by atoms with van der Waals surface area (Å²) >= 11 is 0. The maximum absolute atomic E-state index is 12.2. The molecule has 0 aromatic carbocycles. The molecule has 0 saturated heterocycles. The second-order valence-electron chi connectivity index (χ2n) is 4.41. The van der Waals surface area contributed by atoms with Crippen molar-refractivity contribution in [3.8, 4) is 6.07 Å². The Labute approximate surface area is 104 Å². The molecule has 0 aliphatic heterocycles. The maximum atomic E-state index is 12.2. The standard InChI is InChI=1S/C13H24N2O2/c1-4-13(5-2,11-14)12(17)15(3)9-7-6-8-10-16/h16H,4-10H2,1-3H3. The first-order valence-corrected chi connectivity index (χ1v) is 6.35. The summed E-state index contributed by atoms with van der Waals surface area (Å²) in [6, 6.07) is 2.17. The highest BCUT2D eigenvalue weighted by atomic mass is 16.2. The average molecular weight is 240 g/mol. The van der Waals surface area contributed by atoms with Gasteiger partial charge in [-0.15, -0.1) is 0 Å². The van der Waals surface area contributed by atoms with Crippen molar-refractivity contribution < 1.29 is 9.90 Å². The zero-order chi connectivity index (χ0) is 13.3. The SMILES string of the molecule is CCC(C#N)(CC)C(=O)N(C)CCCCCO. The molecule has 0 unspecified atom stereocenters. The van der Waals surface area contributed by atoms with Crippen LogP contribution in [-0.2, 0) is 4.79 Å². The zero-order valence-corrected chi connectivity index (χ0v) is 11.2. The van der Waals surface area contributed by atoms with Crippen LogP contribution in [0.3, 0.4) is 0 Å². The molecule has 1 amide bonds. The normalized spacial score (nSPS) is 11.0. The van der Waals surface area contributed by atoms with Crippen molar-refractivity contribution in [2.45, 2.75) is 46.0 Å². The van der Waals surface area contributed by atoms with Crippen LogP contribution < -0.4 is 0 Å². The lowest BCUT2D eigenvalue weighted by Gasteiger charge is -2.28. The van der Waals surface area contributed by atoms with E-state index in [0.29, 0.717) is 19.4 Å². The fourth-order valence-corrected chi connectivity index (χ4v) is 1.86. The van der Waals surface area contributed by atoms with E-state index in [1.807, 2.05) is 13.8 Å². The molecule has 4 heteroatoms. The van der Waals surface area contributed by atoms with Crippen LogP contribution >= 0.6 is 0 Å². The molecule has 0 aliphatic rings. The van der Waals surface area contributed by atoms with Crippen molar-refractivity contribution >= 4 is 5.91 Å². The van der Waals surface area contributed by atoms with E-state index in [1.165, 1.54) is 0 Å². The smallest absolute Gasteiger partial charge is 0.242 e. The molecule has 98 valence electrons. The van der Waals surface area contributed by atoms with Crippen LogP contribution in [0.15, 0.2) is 0 Å². The number of rotatable bonds is 8. The number of nitrogens with zero attached hydrogens (tertiary/aromatic N) is 2. The number of aliphatic hydroxyl groups is 1. The van der Waals surface area contributed by atoms with E-state index in [-0.39, 0.29) is 12.5 Å². The molecule has 0 bridgehead atoms. The second kappa shape index (κ2) is 8.08. The summed E-state index contributed by atoms with van der Waals surface area (Å²) in [4.78, 5) is 13.8. The maximum Gasteiger partial charge on any atom is 0.242 e. The largest absolute Gasteiger partial charge is 0.396 e. The molecule has 0 atom stereocenters. The monoisotopic (exact) mass is 240 g/mol. The zero-order valence-electron chi connectivity index (χ0n) is 11.2. The quantitative estimate of drug-likeness (QED) is 0.659. The summed E-state index contributed by atoms with van der Waals surface area (Å²) in [7, 11) is 1.75. The summed E-state index contributed by atoms with van der Waals surface area (Å²) in [5.41, 5.74) is -0.855. The number of carbonyl (C=O) groups is 1. The van der Waals surface area contributed by atoms with Gasteiger partial charge in [-0.3, -0.25) is 4.79 Å². The molecule has 0 saturated carbocycles. The first kappa shape index (κ1) is 15.9. The van der Waals surface area contributed by atoms with Gasteiger partial charge in [0.15, 0.2) is 0 Å². The molecule has 1 N–H and O–H groups in total. The first-order chi connectivity index (χ1) is 8.07. The third-order valence-corrected chi connectivity index (χ3v) is 3.33. The molecule has 0 fully saturated rings. The van der Waals surface area contributed by atoms with Crippen molar-refractivity contribution in [2.24, 2.45) is 5.41 Å². The number of nitriles is 1. The molecule has 0 aromatic rings. The minimum atomic E-state index is -0.855. The number of hydrogen-bond donors (Lipinski definition) is 1. The Kier molecular flexibility index (Phi) is 7.56. The van der Waals surface area contributed by atoms with Crippen LogP contribution in [0.5, 0.6) is 0 Å². The molecule has 0 rings (SSSR count). The first-order valence-electron chi connectivity index (χ1n) is 6.35. The lowest BCUT2D eigenvalue weighted by Crippen LogP contribution is -2.41. The van der Waals surface area contributed by atoms with E-state index >= 15 is 0 Å². The third-order valence-electron chi connectivity index (χ3n) is 3.33. The van der Waals surface area contributed by atoms with Crippen LogP contribution in [0.2, 0.25) is 0 Å². The van der Waals surface area contributed by atoms with Crippen LogP contribution in [0, 0.1) is 16.7 Å². The predicted octanol–water partition coefficient (Wildman–Crippen LogP) is 1.94. The van der Waals surface area contributed by atoms with Gasteiger partial charge >= 0.3 is 0 Å². The van der Waals surface area contributed by atoms with Crippen molar-refractivity contribution in [3.05, 3.63) is 0 Å². The molecular formula is C13H24N2O2. The minimum Gasteiger partial charge on any atom is -0.396 e. The summed E-state index contributed by atoms with van der Waals surface area (Å²) in [6.07, 6.45) is 3.66. The molecule has 0 aromatic heterocycles. The van der Waals surface area contributed by atoms with Crippen molar-refractivity contribution in [1.29, 1.82) is 5.26 Å². The average Bonchev–Trinajstić information content (AvgIpc) is 2.37. The van der Waals surface area contributed by atoms with Crippen LogP contribution in [0.1, 0.15) is 46.0 Å². The Bertz CT molecular complexity index is 267. The van der Waals surface area contributed by atoms with E-state index in [9.17, 15) is 10.1 Å². The van der Waals surface area contributed by atoms with Gasteiger partial charge < -0.3 is 10.0 Å². The van der Waals surface area contributed by atoms with E-state index in [4.69, 9.17) is 5.11 Å². The fourth-order valence-electron chi connectivity index (χ4n) is 1.86. The lowest BCUT2D eigenvalue weighted by atomic mass is 9.82. The lowest BCUT2D eigenvalue weighted by molar-refractivity contribution is -0.138. The molecule has 0 aliphatic carbocycles. The summed E-state index contributed by atoms with van der Waals surface area (Å²) in [5.74, 6) is -0.0750. The second-order valence-corrected chi connectivity index (χ2v) is 4.41. The Morgan fingerprint density at radius 2 is 1.88 bits per heavy atom. The Balaban J connectivity index is 4.33. The van der Waals surface area contributed by atoms with E-state index in [2.05, 4.69) is 6.07 Å². The minimum absolute atomic E-state index is 0.0750. The van der Waals surface area contributed by atoms with Crippen LogP contribution in [-0.4, -0.2) is 36.1 Å². The van der Waals surface area contributed by atoms with Crippen molar-refractivity contribution in [1.82, 2.24) is 4.90 Å². The Morgan fingerprint density at radius 3 is 2.29 bits per heavy atom. The third kappa shape index (κ3) is 4.35. The van der Waals surface area contributed by atoms with Gasteiger partial charge in [-0.25, -0.2) is 0 Å².